The zero-order chi connectivity index (χ0) is 9.46. The van der Waals surface area contributed by atoms with E-state index in [1.807, 2.05) is 0 Å². The maximum Gasteiger partial charge on any atom is 3.00 e. The summed E-state index contributed by atoms with van der Waals surface area (Å²) in [6, 6.07) is 0. The summed E-state index contributed by atoms with van der Waals surface area (Å²) in [6.45, 7) is 0. The number of hydrogen-bond acceptors (Lipinski definition) is 6. The molecule has 16 heavy (non-hydrogen) atoms. The van der Waals surface area contributed by atoms with Gasteiger partial charge in [-0.1, -0.05) is 0 Å². The van der Waals surface area contributed by atoms with Crippen molar-refractivity contribution in [2.45, 2.75) is 36.6 Å². The second-order valence-electron chi connectivity index (χ2n) is 2.94. The third-order valence-electron chi connectivity index (χ3n) is 2.10. The minimum atomic E-state index is -1.64. The normalized spacial score (nSPS) is 41.6. The Morgan fingerprint density at radius 2 is 0.438 bits per heavy atom. The Bertz CT molecular complexity index is 120. The SMILES string of the molecule is OC1C(O)C(O)C(O)C(O)C1O.[Cl-].[Cl-].[Cl-].[Fe+3]. The van der Waals surface area contributed by atoms with Gasteiger partial charge in [-0.3, -0.25) is 0 Å². The smallest absolute Gasteiger partial charge is 1.00 e. The Morgan fingerprint density at radius 3 is 0.500 bits per heavy atom. The third kappa shape index (κ3) is 4.80. The standard InChI is InChI=1S/C6H12O6.3ClH.Fe/c7-1-2(8)4(10)6(12)5(11)3(1)9;;;;/h1-12H;3*1H;/q;;;;+3/p-3. The molecule has 1 aliphatic rings. The van der Waals surface area contributed by atoms with Crippen molar-refractivity contribution < 1.29 is 84.9 Å². The van der Waals surface area contributed by atoms with Crippen molar-refractivity contribution in [1.82, 2.24) is 0 Å². The van der Waals surface area contributed by atoms with Gasteiger partial charge in [0.15, 0.2) is 0 Å². The minimum absolute atomic E-state index is 0. The molecule has 1 rings (SSSR count). The van der Waals surface area contributed by atoms with E-state index in [0.717, 1.165) is 0 Å². The van der Waals surface area contributed by atoms with Crippen LogP contribution in [0.4, 0.5) is 0 Å². The van der Waals surface area contributed by atoms with E-state index < -0.39 is 36.6 Å². The van der Waals surface area contributed by atoms with Crippen LogP contribution in [-0.2, 0) is 17.1 Å². The molecule has 0 saturated heterocycles. The maximum absolute atomic E-state index is 8.97. The van der Waals surface area contributed by atoms with E-state index >= 15 is 0 Å². The van der Waals surface area contributed by atoms with Crippen molar-refractivity contribution in [3.8, 4) is 0 Å². The molecule has 0 spiro atoms. The van der Waals surface area contributed by atoms with Crippen LogP contribution < -0.4 is 37.2 Å². The number of halogens is 3. The van der Waals surface area contributed by atoms with Gasteiger partial charge in [0.2, 0.25) is 0 Å². The van der Waals surface area contributed by atoms with Crippen molar-refractivity contribution in [2.24, 2.45) is 0 Å². The average Bonchev–Trinajstić information content (AvgIpc) is 2.08. The minimum Gasteiger partial charge on any atom is -1.00 e. The molecule has 0 atom stereocenters. The van der Waals surface area contributed by atoms with Gasteiger partial charge in [0, 0.05) is 0 Å². The first kappa shape index (κ1) is 25.9. The molecular weight excluding hydrogens is 330 g/mol. The molecule has 0 aromatic heterocycles. The Hall–Kier alpha value is 1.15. The molecule has 1 aliphatic carbocycles. The third-order valence-corrected chi connectivity index (χ3v) is 2.10. The van der Waals surface area contributed by atoms with E-state index in [1.54, 1.807) is 0 Å². The van der Waals surface area contributed by atoms with Gasteiger partial charge in [0.25, 0.3) is 0 Å². The van der Waals surface area contributed by atoms with Gasteiger partial charge in [0.05, 0.1) is 0 Å². The van der Waals surface area contributed by atoms with Crippen LogP contribution in [0, 0.1) is 0 Å². The molecule has 1 fully saturated rings. The second kappa shape index (κ2) is 10.1. The van der Waals surface area contributed by atoms with Crippen LogP contribution >= 0.6 is 0 Å². The molecule has 101 valence electrons. The van der Waals surface area contributed by atoms with Crippen LogP contribution in [0.3, 0.4) is 0 Å². The fraction of sp³-hybridized carbons (Fsp3) is 1.00. The Balaban J connectivity index is -0.000000180. The molecule has 0 aromatic rings. The molecule has 0 aromatic carbocycles. The van der Waals surface area contributed by atoms with Crippen molar-refractivity contribution in [2.75, 3.05) is 0 Å². The summed E-state index contributed by atoms with van der Waals surface area (Å²) >= 11 is 0. The van der Waals surface area contributed by atoms with E-state index in [2.05, 4.69) is 0 Å². The number of aliphatic hydroxyl groups is 6. The van der Waals surface area contributed by atoms with Gasteiger partial charge < -0.3 is 67.9 Å². The molecule has 0 aliphatic heterocycles. The topological polar surface area (TPSA) is 121 Å². The first-order valence-corrected chi connectivity index (χ1v) is 3.55. The summed E-state index contributed by atoms with van der Waals surface area (Å²) in [6.07, 6.45) is -9.84. The molecule has 0 amide bonds. The molecular formula is C6H12Cl3FeO6. The van der Waals surface area contributed by atoms with Crippen LogP contribution in [0.2, 0.25) is 0 Å². The van der Waals surface area contributed by atoms with Gasteiger partial charge in [-0.15, -0.1) is 0 Å². The quantitative estimate of drug-likeness (QED) is 0.243. The first-order valence-electron chi connectivity index (χ1n) is 3.55. The molecule has 6 N–H and O–H groups in total. The van der Waals surface area contributed by atoms with Gasteiger partial charge >= 0.3 is 17.1 Å². The van der Waals surface area contributed by atoms with E-state index in [1.165, 1.54) is 0 Å². The summed E-state index contributed by atoms with van der Waals surface area (Å²) in [4.78, 5) is 0. The summed E-state index contributed by atoms with van der Waals surface area (Å²) < 4.78 is 0. The maximum atomic E-state index is 8.97. The van der Waals surface area contributed by atoms with Crippen molar-refractivity contribution in [3.05, 3.63) is 0 Å². The summed E-state index contributed by atoms with van der Waals surface area (Å²) in [5, 5.41) is 53.8. The number of rotatable bonds is 0. The molecule has 0 bridgehead atoms. The Labute approximate surface area is 121 Å². The van der Waals surface area contributed by atoms with Crippen LogP contribution in [0.15, 0.2) is 0 Å². The molecule has 6 nitrogen and oxygen atoms in total. The van der Waals surface area contributed by atoms with Crippen molar-refractivity contribution in [1.29, 1.82) is 0 Å². The van der Waals surface area contributed by atoms with E-state index in [-0.39, 0.29) is 54.3 Å². The zero-order valence-electron chi connectivity index (χ0n) is 7.63. The Morgan fingerprint density at radius 1 is 0.375 bits per heavy atom. The second-order valence-corrected chi connectivity index (χ2v) is 2.94. The molecule has 1 radical (unpaired) electrons. The summed E-state index contributed by atoms with van der Waals surface area (Å²) in [5.41, 5.74) is 0. The monoisotopic (exact) mass is 341 g/mol. The molecule has 1 saturated carbocycles. The summed E-state index contributed by atoms with van der Waals surface area (Å²) in [5.74, 6) is 0. The van der Waals surface area contributed by atoms with Gasteiger partial charge in [-0.2, -0.15) is 0 Å². The van der Waals surface area contributed by atoms with Crippen molar-refractivity contribution in [3.63, 3.8) is 0 Å². The van der Waals surface area contributed by atoms with Crippen LogP contribution in [0.1, 0.15) is 0 Å². The largest absolute Gasteiger partial charge is 3.00 e. The van der Waals surface area contributed by atoms with E-state index in [4.69, 9.17) is 30.6 Å². The summed E-state index contributed by atoms with van der Waals surface area (Å²) in [7, 11) is 0. The van der Waals surface area contributed by atoms with Gasteiger partial charge in [-0.25, -0.2) is 0 Å². The first-order chi connectivity index (χ1) is 5.46. The van der Waals surface area contributed by atoms with Crippen LogP contribution in [0.25, 0.3) is 0 Å². The Kier molecular flexibility index (Phi) is 16.3. The van der Waals surface area contributed by atoms with Gasteiger partial charge in [-0.05, 0) is 0 Å². The number of aliphatic hydroxyl groups excluding tert-OH is 6. The predicted molar refractivity (Wildman–Crippen MR) is 36.0 cm³/mol. The number of hydrogen-bond donors (Lipinski definition) is 6. The van der Waals surface area contributed by atoms with Crippen LogP contribution in [-0.4, -0.2) is 67.3 Å². The fourth-order valence-corrected chi connectivity index (χ4v) is 1.21. The molecule has 10 heteroatoms. The predicted octanol–water partition coefficient (Wildman–Crippen LogP) is -12.8. The molecule has 0 heterocycles. The van der Waals surface area contributed by atoms with E-state index in [0.29, 0.717) is 0 Å². The van der Waals surface area contributed by atoms with Crippen molar-refractivity contribution >= 4 is 0 Å². The zero-order valence-corrected chi connectivity index (χ0v) is 11.0. The van der Waals surface area contributed by atoms with Gasteiger partial charge in [0.1, 0.15) is 36.6 Å². The molecule has 0 unspecified atom stereocenters. The van der Waals surface area contributed by atoms with Crippen LogP contribution in [0.5, 0.6) is 0 Å². The average molecular weight is 342 g/mol. The fourth-order valence-electron chi connectivity index (χ4n) is 1.21. The van der Waals surface area contributed by atoms with E-state index in [9.17, 15) is 0 Å².